The first-order valence-corrected chi connectivity index (χ1v) is 19.9. The minimum Gasteiger partial charge on any atom is -0.506 e. The third-order valence-corrected chi connectivity index (χ3v) is 10.1. The van der Waals surface area contributed by atoms with Crippen LogP contribution >= 0.6 is 11.8 Å². The fraction of sp³-hybridized carbons (Fsp3) is 0.366. The number of para-hydroxylation sites is 2. The number of phenolic OH excluding ortho intramolecular Hbond substituents is 1. The molecular formula is C41H50N8O5S. The van der Waals surface area contributed by atoms with Gasteiger partial charge in [0.05, 0.1) is 23.5 Å². The summed E-state index contributed by atoms with van der Waals surface area (Å²) in [5.74, 6) is -0.465. The number of rotatable bonds is 24. The number of hydrogen-bond donors (Lipinski definition) is 5. The summed E-state index contributed by atoms with van der Waals surface area (Å²) in [7, 11) is 0. The Balaban J connectivity index is 1.18. The van der Waals surface area contributed by atoms with E-state index in [-0.39, 0.29) is 23.8 Å². The largest absolute Gasteiger partial charge is 0.506 e. The van der Waals surface area contributed by atoms with Crippen LogP contribution in [0.25, 0.3) is 10.8 Å². The molecule has 3 amide bonds. The number of hydrazine groups is 1. The van der Waals surface area contributed by atoms with Gasteiger partial charge in [0.1, 0.15) is 18.0 Å². The van der Waals surface area contributed by atoms with Crippen molar-refractivity contribution in [2.75, 3.05) is 22.7 Å². The molecule has 0 saturated carbocycles. The van der Waals surface area contributed by atoms with Gasteiger partial charge in [-0.2, -0.15) is 0 Å². The van der Waals surface area contributed by atoms with Crippen molar-refractivity contribution in [1.82, 2.24) is 25.6 Å². The van der Waals surface area contributed by atoms with Crippen LogP contribution < -0.4 is 26.2 Å². The molecule has 0 aliphatic carbocycles. The van der Waals surface area contributed by atoms with Crippen molar-refractivity contribution in [2.24, 2.45) is 0 Å². The second-order valence-electron chi connectivity index (χ2n) is 13.2. The molecule has 0 bridgehead atoms. The molecule has 5 aromatic rings. The van der Waals surface area contributed by atoms with Crippen LogP contribution in [0, 0.1) is 0 Å². The first-order valence-electron chi connectivity index (χ1n) is 19.0. The van der Waals surface area contributed by atoms with Crippen LogP contribution in [-0.4, -0.2) is 50.1 Å². The Morgan fingerprint density at radius 3 is 2.15 bits per heavy atom. The van der Waals surface area contributed by atoms with Gasteiger partial charge in [0.2, 0.25) is 17.5 Å². The molecule has 4 aromatic carbocycles. The number of ether oxygens (including phenoxy) is 1. The van der Waals surface area contributed by atoms with E-state index in [9.17, 15) is 19.5 Å². The summed E-state index contributed by atoms with van der Waals surface area (Å²) in [5, 5.41) is 30.4. The lowest BCUT2D eigenvalue weighted by Crippen LogP contribution is -2.20. The number of unbranched alkanes of at least 4 members (excludes halogenated alkanes) is 11. The lowest BCUT2D eigenvalue weighted by atomic mass is 10.0. The Kier molecular flexibility index (Phi) is 16.2. The number of benzene rings is 4. The van der Waals surface area contributed by atoms with Crippen molar-refractivity contribution in [3.05, 3.63) is 84.4 Å². The van der Waals surface area contributed by atoms with Crippen LogP contribution in [0.1, 0.15) is 94.3 Å². The molecule has 13 nitrogen and oxygen atoms in total. The lowest BCUT2D eigenvalue weighted by molar-refractivity contribution is -0.117. The molecule has 5 N–H and O–H groups in total. The maximum absolute atomic E-state index is 13.8. The Morgan fingerprint density at radius 1 is 0.800 bits per heavy atom. The maximum Gasteiger partial charge on any atom is 0.259 e. The summed E-state index contributed by atoms with van der Waals surface area (Å²) in [6.45, 7) is 2.62. The molecule has 0 aliphatic rings. The minimum absolute atomic E-state index is 0.0648. The Hall–Kier alpha value is -5.63. The zero-order valence-corrected chi connectivity index (χ0v) is 32.1. The zero-order chi connectivity index (χ0) is 38.7. The minimum atomic E-state index is -0.506. The van der Waals surface area contributed by atoms with Crippen LogP contribution in [0.3, 0.4) is 0 Å². The third-order valence-electron chi connectivity index (χ3n) is 9.05. The van der Waals surface area contributed by atoms with E-state index < -0.39 is 5.91 Å². The van der Waals surface area contributed by atoms with Crippen molar-refractivity contribution in [3.8, 4) is 11.5 Å². The standard InChI is InChI=1S/C41H50N8O5S/c1-2-3-4-5-6-7-8-9-10-11-12-17-26-54-36-21-16-15-20-35(36)44-40(53)34-27-37(32-18-13-14-19-33(32)39(34)52)55-41-46-47-48-49(41)28-38(51)43-30-22-24-31(25-23-30)45-42-29-50/h13-16,18-25,27,29,45,52H,2-12,17,26,28H2,1H3,(H,42,50)(H,43,51)(H,44,53). The topological polar surface area (TPSA) is 172 Å². The average molecular weight is 767 g/mol. The molecule has 0 spiro atoms. The number of carbonyl (C=O) groups excluding carboxylic acids is 3. The number of amides is 3. The van der Waals surface area contributed by atoms with E-state index in [1.165, 1.54) is 80.7 Å². The Labute approximate surface area is 326 Å². The normalized spacial score (nSPS) is 10.9. The fourth-order valence-electron chi connectivity index (χ4n) is 6.15. The van der Waals surface area contributed by atoms with Crippen LogP contribution in [0.2, 0.25) is 0 Å². The molecule has 0 aliphatic heterocycles. The van der Waals surface area contributed by atoms with Crippen LogP contribution in [-0.2, 0) is 16.1 Å². The van der Waals surface area contributed by atoms with Crippen molar-refractivity contribution in [3.63, 3.8) is 0 Å². The number of anilines is 3. The van der Waals surface area contributed by atoms with Crippen LogP contribution in [0.5, 0.6) is 11.5 Å². The highest BCUT2D eigenvalue weighted by Gasteiger charge is 2.21. The highest BCUT2D eigenvalue weighted by Crippen LogP contribution is 2.39. The van der Waals surface area contributed by atoms with E-state index in [2.05, 4.69) is 43.9 Å². The quantitative estimate of drug-likeness (QED) is 0.0232. The van der Waals surface area contributed by atoms with Gasteiger partial charge in [-0.25, -0.2) is 4.68 Å². The summed E-state index contributed by atoms with van der Waals surface area (Å²) in [6.07, 6.45) is 15.7. The Morgan fingerprint density at radius 2 is 1.44 bits per heavy atom. The van der Waals surface area contributed by atoms with Crippen molar-refractivity contribution < 1.29 is 24.2 Å². The summed E-state index contributed by atoms with van der Waals surface area (Å²) in [4.78, 5) is 37.8. The molecule has 0 fully saturated rings. The molecule has 0 radical (unpaired) electrons. The van der Waals surface area contributed by atoms with Gasteiger partial charge in [-0.3, -0.25) is 25.2 Å². The predicted octanol–water partition coefficient (Wildman–Crippen LogP) is 8.73. The number of aromatic hydroxyl groups is 1. The second-order valence-corrected chi connectivity index (χ2v) is 14.2. The number of hydrogen-bond acceptors (Lipinski definition) is 10. The van der Waals surface area contributed by atoms with Gasteiger partial charge >= 0.3 is 0 Å². The molecule has 55 heavy (non-hydrogen) atoms. The van der Waals surface area contributed by atoms with E-state index in [0.29, 0.717) is 56.7 Å². The maximum atomic E-state index is 13.8. The molecule has 1 aromatic heterocycles. The van der Waals surface area contributed by atoms with Gasteiger partial charge in [-0.15, -0.1) is 5.10 Å². The summed E-state index contributed by atoms with van der Waals surface area (Å²) in [5.41, 5.74) is 6.80. The average Bonchev–Trinajstić information content (AvgIpc) is 3.63. The van der Waals surface area contributed by atoms with Gasteiger partial charge < -0.3 is 20.5 Å². The summed E-state index contributed by atoms with van der Waals surface area (Å²) < 4.78 is 7.46. The van der Waals surface area contributed by atoms with Gasteiger partial charge in [0, 0.05) is 16.0 Å². The molecule has 0 saturated heterocycles. The smallest absolute Gasteiger partial charge is 0.259 e. The van der Waals surface area contributed by atoms with E-state index in [1.807, 2.05) is 30.3 Å². The lowest BCUT2D eigenvalue weighted by Gasteiger charge is -2.15. The Bertz CT molecular complexity index is 1990. The number of aromatic nitrogens is 4. The molecule has 290 valence electrons. The number of nitrogens with one attached hydrogen (secondary N) is 4. The summed E-state index contributed by atoms with van der Waals surface area (Å²) >= 11 is 1.17. The van der Waals surface area contributed by atoms with Crippen LogP contribution in [0.4, 0.5) is 17.1 Å². The molecule has 14 heteroatoms. The van der Waals surface area contributed by atoms with Crippen molar-refractivity contribution in [1.29, 1.82) is 0 Å². The van der Waals surface area contributed by atoms with Crippen LogP contribution in [0.15, 0.2) is 88.9 Å². The SMILES string of the molecule is CCCCCCCCCCCCCCOc1ccccc1NC(=O)c1cc(Sc2nnnn2CC(=O)Nc2ccc(NNC=O)cc2)c2ccccc2c1O. The van der Waals surface area contributed by atoms with Gasteiger partial charge in [-0.05, 0) is 76.5 Å². The monoisotopic (exact) mass is 766 g/mol. The molecular weight excluding hydrogens is 717 g/mol. The number of tetrazole rings is 1. The molecule has 5 rings (SSSR count). The van der Waals surface area contributed by atoms with Gasteiger partial charge in [0.15, 0.2) is 0 Å². The summed E-state index contributed by atoms with van der Waals surface area (Å²) in [6, 6.07) is 22.8. The first-order chi connectivity index (χ1) is 27.0. The fourth-order valence-corrected chi connectivity index (χ4v) is 7.09. The molecule has 0 atom stereocenters. The van der Waals surface area contributed by atoms with Gasteiger partial charge in [-0.1, -0.05) is 114 Å². The number of carbonyl (C=O) groups is 3. The van der Waals surface area contributed by atoms with Gasteiger partial charge in [0.25, 0.3) is 5.91 Å². The van der Waals surface area contributed by atoms with E-state index in [0.717, 1.165) is 12.8 Å². The number of fused-ring (bicyclic) bond motifs is 1. The zero-order valence-electron chi connectivity index (χ0n) is 31.3. The van der Waals surface area contributed by atoms with E-state index in [1.54, 1.807) is 48.5 Å². The van der Waals surface area contributed by atoms with Crippen molar-refractivity contribution in [2.45, 2.75) is 101 Å². The highest BCUT2D eigenvalue weighted by molar-refractivity contribution is 7.99. The predicted molar refractivity (Wildman–Crippen MR) is 216 cm³/mol. The molecule has 0 unspecified atom stereocenters. The number of nitrogens with zero attached hydrogens (tertiary/aromatic N) is 4. The van der Waals surface area contributed by atoms with E-state index in [4.69, 9.17) is 4.74 Å². The van der Waals surface area contributed by atoms with E-state index >= 15 is 0 Å². The number of phenols is 1. The highest BCUT2D eigenvalue weighted by atomic mass is 32.2. The third kappa shape index (κ3) is 12.5. The second kappa shape index (κ2) is 21.9. The first kappa shape index (κ1) is 40.6. The molecule has 1 heterocycles. The van der Waals surface area contributed by atoms with Crippen molar-refractivity contribution >= 4 is 57.8 Å².